The Balaban J connectivity index is 2.20. The van der Waals surface area contributed by atoms with Gasteiger partial charge in [0.25, 0.3) is 0 Å². The zero-order valence-corrected chi connectivity index (χ0v) is 10.1. The topological polar surface area (TPSA) is 52.4 Å². The molecule has 18 heavy (non-hydrogen) atoms. The molecule has 2 rings (SSSR count). The van der Waals surface area contributed by atoms with Crippen LogP contribution in [0, 0.1) is 16.2 Å². The molecule has 0 aliphatic carbocycles. The summed E-state index contributed by atoms with van der Waals surface area (Å²) >= 11 is 5.76. The van der Waals surface area contributed by atoms with E-state index in [2.05, 4.69) is 6.07 Å². The van der Waals surface area contributed by atoms with E-state index in [9.17, 15) is 10.1 Å². The van der Waals surface area contributed by atoms with Crippen LogP contribution in [0.1, 0.15) is 5.56 Å². The Bertz CT molecular complexity index is 557. The molecule has 5 heteroatoms. The predicted octanol–water partition coefficient (Wildman–Crippen LogP) is 3.63. The summed E-state index contributed by atoms with van der Waals surface area (Å²) in [7, 11) is 0. The number of rotatable bonds is 4. The predicted molar refractivity (Wildman–Crippen MR) is 67.7 cm³/mol. The molecule has 2 aromatic carbocycles. The standard InChI is InChI=1S/C13H9ClNO3/c14-11-7-4-8-12(13(11)15(16)17)18-9-10-5-2-1-3-6-10/h1-7H,9H2. The third-order valence-corrected chi connectivity index (χ3v) is 2.60. The number of benzene rings is 2. The molecular weight excluding hydrogens is 254 g/mol. The lowest BCUT2D eigenvalue weighted by atomic mass is 10.2. The van der Waals surface area contributed by atoms with Crippen molar-refractivity contribution < 1.29 is 9.66 Å². The molecule has 0 saturated heterocycles. The van der Waals surface area contributed by atoms with Gasteiger partial charge < -0.3 is 4.74 Å². The molecule has 0 amide bonds. The van der Waals surface area contributed by atoms with Crippen LogP contribution in [-0.2, 0) is 6.61 Å². The Kier molecular flexibility index (Phi) is 3.79. The highest BCUT2D eigenvalue weighted by atomic mass is 35.5. The van der Waals surface area contributed by atoms with Crippen LogP contribution >= 0.6 is 11.6 Å². The zero-order valence-electron chi connectivity index (χ0n) is 9.30. The molecule has 0 heterocycles. The Labute approximate surface area is 109 Å². The third-order valence-electron chi connectivity index (χ3n) is 2.29. The second kappa shape index (κ2) is 5.51. The van der Waals surface area contributed by atoms with Crippen LogP contribution in [0.2, 0.25) is 5.02 Å². The number of ether oxygens (including phenoxy) is 1. The first-order chi connectivity index (χ1) is 8.68. The van der Waals surface area contributed by atoms with E-state index in [1.807, 2.05) is 30.3 Å². The van der Waals surface area contributed by atoms with Gasteiger partial charge in [-0.2, -0.15) is 0 Å². The number of nitro benzene ring substituents is 1. The van der Waals surface area contributed by atoms with E-state index in [1.165, 1.54) is 12.1 Å². The molecule has 91 valence electrons. The molecule has 0 saturated carbocycles. The van der Waals surface area contributed by atoms with Crippen molar-refractivity contribution >= 4 is 17.3 Å². The molecule has 0 N–H and O–H groups in total. The Morgan fingerprint density at radius 3 is 2.67 bits per heavy atom. The molecule has 2 aromatic rings. The van der Waals surface area contributed by atoms with Gasteiger partial charge in [0.05, 0.1) is 4.92 Å². The maximum absolute atomic E-state index is 10.9. The lowest BCUT2D eigenvalue weighted by Gasteiger charge is -2.06. The largest absolute Gasteiger partial charge is 0.481 e. The van der Waals surface area contributed by atoms with E-state index < -0.39 is 4.92 Å². The molecule has 1 radical (unpaired) electrons. The van der Waals surface area contributed by atoms with Crippen molar-refractivity contribution in [2.45, 2.75) is 6.61 Å². The summed E-state index contributed by atoms with van der Waals surface area (Å²) in [5.74, 6) is 0.0522. The third kappa shape index (κ3) is 2.78. The van der Waals surface area contributed by atoms with Crippen LogP contribution < -0.4 is 4.74 Å². The van der Waals surface area contributed by atoms with Gasteiger partial charge in [-0.15, -0.1) is 0 Å². The first-order valence-corrected chi connectivity index (χ1v) is 5.57. The summed E-state index contributed by atoms with van der Waals surface area (Å²) in [5.41, 5.74) is 0.662. The number of hydrogen-bond donors (Lipinski definition) is 0. The van der Waals surface area contributed by atoms with Crippen LogP contribution in [0.15, 0.2) is 42.5 Å². The Hall–Kier alpha value is -2.07. The van der Waals surface area contributed by atoms with Crippen LogP contribution in [0.5, 0.6) is 5.75 Å². The summed E-state index contributed by atoms with van der Waals surface area (Å²) < 4.78 is 5.38. The van der Waals surface area contributed by atoms with E-state index in [0.29, 0.717) is 0 Å². The summed E-state index contributed by atoms with van der Waals surface area (Å²) in [6.45, 7) is 0.235. The fourth-order valence-corrected chi connectivity index (χ4v) is 1.67. The van der Waals surface area contributed by atoms with E-state index >= 15 is 0 Å². The number of nitrogens with zero attached hydrogens (tertiary/aromatic N) is 1. The highest BCUT2D eigenvalue weighted by Gasteiger charge is 2.19. The Morgan fingerprint density at radius 1 is 1.28 bits per heavy atom. The van der Waals surface area contributed by atoms with Crippen molar-refractivity contribution in [1.82, 2.24) is 0 Å². The fourth-order valence-electron chi connectivity index (χ4n) is 1.46. The highest BCUT2D eigenvalue weighted by molar-refractivity contribution is 6.32. The van der Waals surface area contributed by atoms with Gasteiger partial charge in [-0.3, -0.25) is 10.1 Å². The van der Waals surface area contributed by atoms with Crippen LogP contribution in [0.3, 0.4) is 0 Å². The Morgan fingerprint density at radius 2 is 2.00 bits per heavy atom. The molecule has 0 fully saturated rings. The molecule has 0 atom stereocenters. The lowest BCUT2D eigenvalue weighted by Crippen LogP contribution is -1.99. The average molecular weight is 263 g/mol. The van der Waals surface area contributed by atoms with Gasteiger partial charge in [0.2, 0.25) is 5.75 Å². The van der Waals surface area contributed by atoms with Gasteiger partial charge in [0.1, 0.15) is 11.6 Å². The molecule has 0 spiro atoms. The van der Waals surface area contributed by atoms with Crippen molar-refractivity contribution in [3.8, 4) is 5.75 Å². The minimum atomic E-state index is -0.570. The normalized spacial score (nSPS) is 10.1. The van der Waals surface area contributed by atoms with E-state index in [0.717, 1.165) is 5.56 Å². The smallest absolute Gasteiger partial charge is 0.330 e. The molecule has 0 aliphatic heterocycles. The van der Waals surface area contributed by atoms with Gasteiger partial charge in [-0.05, 0) is 17.7 Å². The molecule has 4 nitrogen and oxygen atoms in total. The zero-order chi connectivity index (χ0) is 13.0. The van der Waals surface area contributed by atoms with Crippen molar-refractivity contribution in [2.75, 3.05) is 0 Å². The highest BCUT2D eigenvalue weighted by Crippen LogP contribution is 2.34. The second-order valence-electron chi connectivity index (χ2n) is 3.53. The van der Waals surface area contributed by atoms with Gasteiger partial charge in [0.15, 0.2) is 0 Å². The quantitative estimate of drug-likeness (QED) is 0.624. The van der Waals surface area contributed by atoms with Crippen LogP contribution in [-0.4, -0.2) is 4.92 Å². The fraction of sp³-hybridized carbons (Fsp3) is 0.0769. The summed E-state index contributed by atoms with van der Waals surface area (Å²) in [5, 5.41) is 10.9. The van der Waals surface area contributed by atoms with Crippen LogP contribution in [0.4, 0.5) is 5.69 Å². The van der Waals surface area contributed by atoms with E-state index in [4.69, 9.17) is 16.3 Å². The number of hydrogen-bond acceptors (Lipinski definition) is 3. The van der Waals surface area contributed by atoms with Crippen LogP contribution in [0.25, 0.3) is 0 Å². The monoisotopic (exact) mass is 262 g/mol. The molecule has 0 bridgehead atoms. The SMILES string of the molecule is O=[N+]([O-])c1c(OCc2ccccc2)[c]ccc1Cl. The first-order valence-electron chi connectivity index (χ1n) is 5.20. The summed E-state index contributed by atoms with van der Waals surface area (Å²) in [4.78, 5) is 10.3. The van der Waals surface area contributed by atoms with E-state index in [-0.39, 0.29) is 23.1 Å². The first kappa shape index (κ1) is 12.4. The summed E-state index contributed by atoms with van der Waals surface area (Å²) in [6, 6.07) is 15.0. The molecule has 0 unspecified atom stereocenters. The van der Waals surface area contributed by atoms with Gasteiger partial charge in [0, 0.05) is 6.07 Å². The molecule has 0 aromatic heterocycles. The second-order valence-corrected chi connectivity index (χ2v) is 3.94. The van der Waals surface area contributed by atoms with E-state index in [1.54, 1.807) is 0 Å². The van der Waals surface area contributed by atoms with Crippen molar-refractivity contribution in [2.24, 2.45) is 0 Å². The van der Waals surface area contributed by atoms with Gasteiger partial charge >= 0.3 is 5.69 Å². The average Bonchev–Trinajstić information content (AvgIpc) is 2.37. The van der Waals surface area contributed by atoms with Gasteiger partial charge in [-0.25, -0.2) is 0 Å². The minimum Gasteiger partial charge on any atom is -0.481 e. The number of halogens is 1. The van der Waals surface area contributed by atoms with Crippen molar-refractivity contribution in [3.63, 3.8) is 0 Å². The van der Waals surface area contributed by atoms with Gasteiger partial charge in [-0.1, -0.05) is 41.9 Å². The molecule has 0 aliphatic rings. The molecular formula is C13H9ClNO3. The maximum atomic E-state index is 10.9. The van der Waals surface area contributed by atoms with Crippen molar-refractivity contribution in [1.29, 1.82) is 0 Å². The van der Waals surface area contributed by atoms with Crippen molar-refractivity contribution in [3.05, 3.63) is 69.2 Å². The maximum Gasteiger partial charge on any atom is 0.330 e. The lowest BCUT2D eigenvalue weighted by molar-refractivity contribution is -0.385. The summed E-state index contributed by atoms with van der Waals surface area (Å²) in [6.07, 6.45) is 0. The number of nitro groups is 1. The minimum absolute atomic E-state index is 0.0433.